The number of nitrogens with one attached hydrogen (secondary N) is 1. The summed E-state index contributed by atoms with van der Waals surface area (Å²) >= 11 is 4.28. The molecule has 19 heavy (non-hydrogen) atoms. The average Bonchev–Trinajstić information content (AvgIpc) is 2.89. The fourth-order valence-electron chi connectivity index (χ4n) is 2.10. The molecule has 0 aliphatic heterocycles. The number of hydrogen-bond donors (Lipinski definition) is 1. The van der Waals surface area contributed by atoms with E-state index >= 15 is 0 Å². The van der Waals surface area contributed by atoms with Crippen LogP contribution in [0.5, 0.6) is 0 Å². The molecule has 0 amide bonds. The molecule has 1 unspecified atom stereocenters. The summed E-state index contributed by atoms with van der Waals surface area (Å²) in [6.07, 6.45) is 2.33. The van der Waals surface area contributed by atoms with Crippen LogP contribution in [0.15, 0.2) is 36.4 Å². The van der Waals surface area contributed by atoms with E-state index in [4.69, 9.17) is 0 Å². The molecule has 2 aromatic rings. The maximum Gasteiger partial charge on any atom is 0.0412 e. The SMILES string of the molecule is CCCNC(CC)c1ccc(-c2cccc(I)c2)s1. The van der Waals surface area contributed by atoms with Crippen molar-refractivity contribution < 1.29 is 0 Å². The highest BCUT2D eigenvalue weighted by molar-refractivity contribution is 14.1. The van der Waals surface area contributed by atoms with Crippen LogP contribution in [0.2, 0.25) is 0 Å². The molecule has 1 N–H and O–H groups in total. The number of hydrogen-bond acceptors (Lipinski definition) is 2. The third-order valence-electron chi connectivity index (χ3n) is 3.13. The summed E-state index contributed by atoms with van der Waals surface area (Å²) in [4.78, 5) is 2.81. The lowest BCUT2D eigenvalue weighted by atomic mass is 10.1. The lowest BCUT2D eigenvalue weighted by Gasteiger charge is -2.14. The number of rotatable bonds is 6. The molecule has 1 atom stereocenters. The van der Waals surface area contributed by atoms with E-state index in [-0.39, 0.29) is 0 Å². The van der Waals surface area contributed by atoms with E-state index in [2.05, 4.69) is 78.2 Å². The Balaban J connectivity index is 2.18. The van der Waals surface area contributed by atoms with Gasteiger partial charge in [-0.15, -0.1) is 11.3 Å². The van der Waals surface area contributed by atoms with Gasteiger partial charge in [-0.25, -0.2) is 0 Å². The van der Waals surface area contributed by atoms with Crippen molar-refractivity contribution in [3.63, 3.8) is 0 Å². The van der Waals surface area contributed by atoms with Crippen LogP contribution in [0.3, 0.4) is 0 Å². The highest BCUT2D eigenvalue weighted by atomic mass is 127. The summed E-state index contributed by atoms with van der Waals surface area (Å²) in [6.45, 7) is 5.55. The highest BCUT2D eigenvalue weighted by Gasteiger charge is 2.11. The van der Waals surface area contributed by atoms with E-state index in [1.165, 1.54) is 25.3 Å². The zero-order valence-electron chi connectivity index (χ0n) is 11.4. The smallest absolute Gasteiger partial charge is 0.0412 e. The predicted octanol–water partition coefficient (Wildman–Crippen LogP) is 5.47. The summed E-state index contributed by atoms with van der Waals surface area (Å²) < 4.78 is 1.29. The third kappa shape index (κ3) is 4.04. The molecule has 1 nitrogen and oxygen atoms in total. The van der Waals surface area contributed by atoms with Crippen molar-refractivity contribution >= 4 is 33.9 Å². The van der Waals surface area contributed by atoms with Gasteiger partial charge < -0.3 is 5.32 Å². The van der Waals surface area contributed by atoms with Gasteiger partial charge in [0.2, 0.25) is 0 Å². The van der Waals surface area contributed by atoms with Crippen LogP contribution >= 0.6 is 33.9 Å². The quantitative estimate of drug-likeness (QED) is 0.651. The lowest BCUT2D eigenvalue weighted by molar-refractivity contribution is 0.525. The number of halogens is 1. The minimum absolute atomic E-state index is 0.501. The van der Waals surface area contributed by atoms with Crippen LogP contribution in [0.1, 0.15) is 37.6 Å². The summed E-state index contributed by atoms with van der Waals surface area (Å²) in [5.74, 6) is 0. The maximum absolute atomic E-state index is 3.62. The first kappa shape index (κ1) is 15.0. The Bertz CT molecular complexity index is 521. The van der Waals surface area contributed by atoms with Gasteiger partial charge in [-0.3, -0.25) is 0 Å². The molecular formula is C16H20INS. The van der Waals surface area contributed by atoms with Crippen LogP contribution in [-0.4, -0.2) is 6.54 Å². The van der Waals surface area contributed by atoms with Gasteiger partial charge in [-0.2, -0.15) is 0 Å². The molecule has 0 fully saturated rings. The summed E-state index contributed by atoms with van der Waals surface area (Å²) in [7, 11) is 0. The van der Waals surface area contributed by atoms with E-state index in [1.54, 1.807) is 0 Å². The summed E-state index contributed by atoms with van der Waals surface area (Å²) in [6, 6.07) is 13.7. The normalized spacial score (nSPS) is 12.6. The topological polar surface area (TPSA) is 12.0 Å². The van der Waals surface area contributed by atoms with Gasteiger partial charge in [0, 0.05) is 19.4 Å². The molecule has 1 heterocycles. The molecule has 102 valence electrons. The van der Waals surface area contributed by atoms with E-state index in [0.717, 1.165) is 13.0 Å². The Morgan fingerprint density at radius 2 is 2.05 bits per heavy atom. The van der Waals surface area contributed by atoms with Gasteiger partial charge in [0.15, 0.2) is 0 Å². The van der Waals surface area contributed by atoms with Crippen molar-refractivity contribution in [2.24, 2.45) is 0 Å². The van der Waals surface area contributed by atoms with E-state index in [1.807, 2.05) is 11.3 Å². The van der Waals surface area contributed by atoms with Crippen LogP contribution in [-0.2, 0) is 0 Å². The van der Waals surface area contributed by atoms with Gasteiger partial charge in [0.1, 0.15) is 0 Å². The molecule has 2 rings (SSSR count). The summed E-state index contributed by atoms with van der Waals surface area (Å²) in [5.41, 5.74) is 1.33. The number of benzene rings is 1. The molecule has 0 saturated heterocycles. The molecule has 0 bridgehead atoms. The van der Waals surface area contributed by atoms with E-state index in [9.17, 15) is 0 Å². The Labute approximate surface area is 133 Å². The predicted molar refractivity (Wildman–Crippen MR) is 93.8 cm³/mol. The second-order valence-corrected chi connectivity index (χ2v) is 6.99. The van der Waals surface area contributed by atoms with Gasteiger partial charge in [0.05, 0.1) is 0 Å². The van der Waals surface area contributed by atoms with Crippen molar-refractivity contribution in [3.05, 3.63) is 44.8 Å². The van der Waals surface area contributed by atoms with Gasteiger partial charge in [-0.05, 0) is 71.8 Å². The second-order valence-electron chi connectivity index (χ2n) is 4.63. The average molecular weight is 385 g/mol. The third-order valence-corrected chi connectivity index (χ3v) is 5.05. The van der Waals surface area contributed by atoms with Crippen molar-refractivity contribution in [2.45, 2.75) is 32.7 Å². The van der Waals surface area contributed by atoms with Crippen molar-refractivity contribution in [1.82, 2.24) is 5.32 Å². The molecule has 0 aliphatic carbocycles. The molecular weight excluding hydrogens is 365 g/mol. The van der Waals surface area contributed by atoms with Crippen LogP contribution in [0, 0.1) is 3.57 Å². The lowest BCUT2D eigenvalue weighted by Crippen LogP contribution is -2.20. The fraction of sp³-hybridized carbons (Fsp3) is 0.375. The van der Waals surface area contributed by atoms with Gasteiger partial charge in [-0.1, -0.05) is 26.0 Å². The molecule has 0 spiro atoms. The van der Waals surface area contributed by atoms with Gasteiger partial charge >= 0.3 is 0 Å². The minimum atomic E-state index is 0.501. The first-order valence-corrected chi connectivity index (χ1v) is 8.73. The Morgan fingerprint density at radius 1 is 1.21 bits per heavy atom. The second kappa shape index (κ2) is 7.41. The van der Waals surface area contributed by atoms with Gasteiger partial charge in [0.25, 0.3) is 0 Å². The van der Waals surface area contributed by atoms with Crippen LogP contribution < -0.4 is 5.32 Å². The van der Waals surface area contributed by atoms with E-state index in [0.29, 0.717) is 6.04 Å². The fourth-order valence-corrected chi connectivity index (χ4v) is 3.81. The number of thiophene rings is 1. The first-order chi connectivity index (χ1) is 9.24. The van der Waals surface area contributed by atoms with Crippen molar-refractivity contribution in [3.8, 4) is 10.4 Å². The molecule has 1 aromatic heterocycles. The monoisotopic (exact) mass is 385 g/mol. The highest BCUT2D eigenvalue weighted by Crippen LogP contribution is 2.33. The maximum atomic E-state index is 3.62. The molecule has 0 aliphatic rings. The molecule has 3 heteroatoms. The Hall–Kier alpha value is -0.390. The first-order valence-electron chi connectivity index (χ1n) is 6.83. The zero-order chi connectivity index (χ0) is 13.7. The van der Waals surface area contributed by atoms with Crippen molar-refractivity contribution in [1.29, 1.82) is 0 Å². The molecule has 0 radical (unpaired) electrons. The van der Waals surface area contributed by atoms with E-state index < -0.39 is 0 Å². The zero-order valence-corrected chi connectivity index (χ0v) is 14.4. The van der Waals surface area contributed by atoms with Crippen LogP contribution in [0.4, 0.5) is 0 Å². The standard InChI is InChI=1S/C16H20INS/c1-3-10-18-14(4-2)16-9-8-15(19-16)12-6-5-7-13(17)11-12/h5-9,11,14,18H,3-4,10H2,1-2H3. The molecule has 0 saturated carbocycles. The van der Waals surface area contributed by atoms with Crippen LogP contribution in [0.25, 0.3) is 10.4 Å². The largest absolute Gasteiger partial charge is 0.309 e. The molecule has 1 aromatic carbocycles. The van der Waals surface area contributed by atoms with Crippen molar-refractivity contribution in [2.75, 3.05) is 6.54 Å². The Morgan fingerprint density at radius 3 is 2.74 bits per heavy atom. The minimum Gasteiger partial charge on any atom is -0.309 e. The Kier molecular flexibility index (Phi) is 5.85. The summed E-state index contributed by atoms with van der Waals surface area (Å²) in [5, 5.41) is 3.62.